The smallest absolute Gasteiger partial charge is 0.407 e. The molecule has 0 fully saturated rings. The number of pyridine rings is 1. The first-order chi connectivity index (χ1) is 11.6. The Balaban J connectivity index is 1.91. The summed E-state index contributed by atoms with van der Waals surface area (Å²) in [6.07, 6.45) is 3.05. The second-order valence-corrected chi connectivity index (χ2v) is 5.55. The first-order valence-electron chi connectivity index (χ1n) is 7.61. The van der Waals surface area contributed by atoms with Gasteiger partial charge in [-0.3, -0.25) is 0 Å². The number of halogens is 1. The summed E-state index contributed by atoms with van der Waals surface area (Å²) in [4.78, 5) is 16.6. The normalized spacial score (nSPS) is 14.2. The summed E-state index contributed by atoms with van der Waals surface area (Å²) in [6.45, 7) is 2.50. The summed E-state index contributed by atoms with van der Waals surface area (Å²) in [5, 5.41) is 9.02. The molecule has 1 aromatic carbocycles. The number of rotatable bonds is 3. The number of aryl methyl sites for hydroxylation is 1. The summed E-state index contributed by atoms with van der Waals surface area (Å²) in [7, 11) is 0. The van der Waals surface area contributed by atoms with Crippen molar-refractivity contribution in [3.63, 3.8) is 0 Å². The topological polar surface area (TPSA) is 62.7 Å². The molecule has 2 aromatic rings. The number of hydrogen-bond donors (Lipinski definition) is 1. The molecule has 0 saturated heterocycles. The van der Waals surface area contributed by atoms with Gasteiger partial charge in [-0.1, -0.05) is 18.2 Å². The maximum absolute atomic E-state index is 14.0. The average molecular weight is 328 g/mol. The lowest BCUT2D eigenvalue weighted by atomic mass is 10.0. The van der Waals surface area contributed by atoms with E-state index in [-0.39, 0.29) is 5.75 Å². The second kappa shape index (κ2) is 6.70. The molecule has 0 radical (unpaired) electrons. The number of benzene rings is 1. The van der Waals surface area contributed by atoms with E-state index in [4.69, 9.17) is 9.84 Å². The minimum absolute atomic E-state index is 0.154. The van der Waals surface area contributed by atoms with Gasteiger partial charge in [-0.2, -0.15) is 0 Å². The molecule has 0 unspecified atom stereocenters. The summed E-state index contributed by atoms with van der Waals surface area (Å²) >= 11 is 0. The fourth-order valence-electron chi connectivity index (χ4n) is 2.65. The first kappa shape index (κ1) is 16.0. The lowest BCUT2D eigenvalue weighted by Crippen LogP contribution is -2.33. The third kappa shape index (κ3) is 3.22. The van der Waals surface area contributed by atoms with E-state index in [0.29, 0.717) is 31.0 Å². The largest absolute Gasteiger partial charge is 0.465 e. The average Bonchev–Trinajstić information content (AvgIpc) is 2.59. The molecule has 0 spiro atoms. The van der Waals surface area contributed by atoms with Gasteiger partial charge in [0.25, 0.3) is 0 Å². The molecule has 0 atom stereocenters. The van der Waals surface area contributed by atoms with Crippen LogP contribution in [0, 0.1) is 12.7 Å². The van der Waals surface area contributed by atoms with Crippen LogP contribution in [0.3, 0.4) is 0 Å². The van der Waals surface area contributed by atoms with Crippen molar-refractivity contribution in [2.24, 2.45) is 0 Å². The number of aromatic nitrogens is 1. The van der Waals surface area contributed by atoms with Crippen molar-refractivity contribution >= 4 is 11.7 Å². The molecule has 0 aliphatic carbocycles. The Bertz CT molecular complexity index is 784. The van der Waals surface area contributed by atoms with E-state index in [1.54, 1.807) is 31.3 Å². The SMILES string of the molecule is Cc1cccc(F)c1Oc1ncccc1C1=CCN(C(=O)O)CC1. The van der Waals surface area contributed by atoms with E-state index in [9.17, 15) is 9.18 Å². The van der Waals surface area contributed by atoms with Crippen molar-refractivity contribution in [2.45, 2.75) is 13.3 Å². The van der Waals surface area contributed by atoms with Gasteiger partial charge in [0, 0.05) is 24.8 Å². The fourth-order valence-corrected chi connectivity index (χ4v) is 2.65. The molecule has 0 bridgehead atoms. The molecule has 1 aromatic heterocycles. The van der Waals surface area contributed by atoms with Crippen LogP contribution >= 0.6 is 0 Å². The summed E-state index contributed by atoms with van der Waals surface area (Å²) < 4.78 is 19.8. The lowest BCUT2D eigenvalue weighted by Gasteiger charge is -2.24. The van der Waals surface area contributed by atoms with Crippen molar-refractivity contribution in [2.75, 3.05) is 13.1 Å². The first-order valence-corrected chi connectivity index (χ1v) is 7.61. The zero-order valence-corrected chi connectivity index (χ0v) is 13.2. The number of carbonyl (C=O) groups is 1. The molecule has 1 N–H and O–H groups in total. The molecule has 24 heavy (non-hydrogen) atoms. The molecule has 1 aliphatic heterocycles. The van der Waals surface area contributed by atoms with Gasteiger partial charge in [0.05, 0.1) is 0 Å². The molecule has 124 valence electrons. The zero-order valence-electron chi connectivity index (χ0n) is 13.2. The number of hydrogen-bond acceptors (Lipinski definition) is 3. The van der Waals surface area contributed by atoms with Crippen LogP contribution in [0.15, 0.2) is 42.6 Å². The molecule has 0 saturated carbocycles. The van der Waals surface area contributed by atoms with Crippen LogP contribution in [0.5, 0.6) is 11.6 Å². The van der Waals surface area contributed by atoms with Crippen LogP contribution in [0.25, 0.3) is 5.57 Å². The van der Waals surface area contributed by atoms with Gasteiger partial charge in [-0.15, -0.1) is 0 Å². The van der Waals surface area contributed by atoms with E-state index >= 15 is 0 Å². The Labute approximate surface area is 139 Å². The molecule has 2 heterocycles. The van der Waals surface area contributed by atoms with Crippen molar-refractivity contribution < 1.29 is 19.0 Å². The number of nitrogens with zero attached hydrogens (tertiary/aromatic N) is 2. The molecule has 1 aliphatic rings. The monoisotopic (exact) mass is 328 g/mol. The predicted molar refractivity (Wildman–Crippen MR) is 87.6 cm³/mol. The Hall–Kier alpha value is -2.89. The van der Waals surface area contributed by atoms with E-state index in [1.807, 2.05) is 12.1 Å². The fraction of sp³-hybridized carbons (Fsp3) is 0.222. The van der Waals surface area contributed by atoms with Crippen LogP contribution in [-0.4, -0.2) is 34.2 Å². The highest BCUT2D eigenvalue weighted by atomic mass is 19.1. The highest BCUT2D eigenvalue weighted by molar-refractivity contribution is 5.73. The highest BCUT2D eigenvalue weighted by Crippen LogP contribution is 2.33. The second-order valence-electron chi connectivity index (χ2n) is 5.55. The van der Waals surface area contributed by atoms with E-state index in [1.165, 1.54) is 11.0 Å². The third-order valence-corrected chi connectivity index (χ3v) is 3.96. The van der Waals surface area contributed by atoms with Crippen molar-refractivity contribution in [3.05, 3.63) is 59.5 Å². The van der Waals surface area contributed by atoms with E-state index in [0.717, 1.165) is 11.1 Å². The van der Waals surface area contributed by atoms with Gasteiger partial charge >= 0.3 is 6.09 Å². The minimum Gasteiger partial charge on any atom is -0.465 e. The van der Waals surface area contributed by atoms with Crippen LogP contribution in [0.2, 0.25) is 0 Å². The zero-order chi connectivity index (χ0) is 17.1. The molecule has 5 nitrogen and oxygen atoms in total. The van der Waals surface area contributed by atoms with Crippen LogP contribution in [0.4, 0.5) is 9.18 Å². The van der Waals surface area contributed by atoms with Gasteiger partial charge in [-0.25, -0.2) is 14.2 Å². The van der Waals surface area contributed by atoms with E-state index in [2.05, 4.69) is 4.98 Å². The Morgan fingerprint density at radius 1 is 1.33 bits per heavy atom. The third-order valence-electron chi connectivity index (χ3n) is 3.96. The van der Waals surface area contributed by atoms with Gasteiger partial charge in [0.15, 0.2) is 11.6 Å². The standard InChI is InChI=1S/C18H17FN2O3/c1-12-4-2-6-15(19)16(12)24-17-14(5-3-9-20-17)13-7-10-21(11-8-13)18(22)23/h2-7,9H,8,10-11H2,1H3,(H,22,23). The van der Waals surface area contributed by atoms with Crippen LogP contribution < -0.4 is 4.74 Å². The summed E-state index contributed by atoms with van der Waals surface area (Å²) in [5.41, 5.74) is 2.39. The lowest BCUT2D eigenvalue weighted by molar-refractivity contribution is 0.150. The van der Waals surface area contributed by atoms with E-state index < -0.39 is 11.9 Å². The van der Waals surface area contributed by atoms with Gasteiger partial charge in [-0.05, 0) is 42.7 Å². The Morgan fingerprint density at radius 3 is 2.83 bits per heavy atom. The summed E-state index contributed by atoms with van der Waals surface area (Å²) in [5.74, 6) is 0.0306. The molecule has 6 heteroatoms. The van der Waals surface area contributed by atoms with Gasteiger partial charge < -0.3 is 14.7 Å². The quantitative estimate of drug-likeness (QED) is 0.922. The molecule has 1 amide bonds. The van der Waals surface area contributed by atoms with Crippen molar-refractivity contribution in [1.82, 2.24) is 9.88 Å². The Morgan fingerprint density at radius 2 is 2.17 bits per heavy atom. The van der Waals surface area contributed by atoms with Crippen molar-refractivity contribution in [3.8, 4) is 11.6 Å². The van der Waals surface area contributed by atoms with Crippen LogP contribution in [-0.2, 0) is 0 Å². The number of carboxylic acid groups (broad SMARTS) is 1. The molecular formula is C18H17FN2O3. The minimum atomic E-state index is -0.935. The van der Waals surface area contributed by atoms with Crippen molar-refractivity contribution in [1.29, 1.82) is 0 Å². The Kier molecular flexibility index (Phi) is 4.46. The predicted octanol–water partition coefficient (Wildman–Crippen LogP) is 4.09. The number of para-hydroxylation sites is 1. The number of amides is 1. The van der Waals surface area contributed by atoms with Crippen LogP contribution in [0.1, 0.15) is 17.5 Å². The molecule has 3 rings (SSSR count). The van der Waals surface area contributed by atoms with Gasteiger partial charge in [0.1, 0.15) is 0 Å². The summed E-state index contributed by atoms with van der Waals surface area (Å²) in [6, 6.07) is 8.36. The highest BCUT2D eigenvalue weighted by Gasteiger charge is 2.20. The molecular weight excluding hydrogens is 311 g/mol. The van der Waals surface area contributed by atoms with Gasteiger partial charge in [0.2, 0.25) is 5.88 Å². The number of ether oxygens (including phenoxy) is 1. The maximum atomic E-state index is 14.0. The maximum Gasteiger partial charge on any atom is 0.407 e.